The minimum absolute atomic E-state index is 0.0175. The Morgan fingerprint density at radius 3 is 1.88 bits per heavy atom. The van der Waals surface area contributed by atoms with Crippen LogP contribution in [0.1, 0.15) is 27.0 Å². The molecule has 12 heteroatoms. The Bertz CT molecular complexity index is 1350. The topological polar surface area (TPSA) is 167 Å². The van der Waals surface area contributed by atoms with Gasteiger partial charge in [0.1, 0.15) is 0 Å². The van der Waals surface area contributed by atoms with Crippen molar-refractivity contribution in [3.63, 3.8) is 0 Å². The Hall–Kier alpha value is -4.64. The summed E-state index contributed by atoms with van der Waals surface area (Å²) < 4.78 is 0. The van der Waals surface area contributed by atoms with Gasteiger partial charge in [-0.2, -0.15) is 0 Å². The van der Waals surface area contributed by atoms with Gasteiger partial charge in [0.15, 0.2) is 0 Å². The van der Waals surface area contributed by atoms with E-state index < -0.39 is 43.4 Å². The van der Waals surface area contributed by atoms with Crippen LogP contribution in [0.15, 0.2) is 48.5 Å². The number of halogens is 1. The van der Waals surface area contributed by atoms with E-state index >= 15 is 0 Å². The Labute approximate surface area is 188 Å². The molecule has 0 spiro atoms. The number of nitro groups is 3. The summed E-state index contributed by atoms with van der Waals surface area (Å²) in [5.74, 6) is -1.54. The van der Waals surface area contributed by atoms with E-state index in [1.807, 2.05) is 0 Å². The molecule has 0 unspecified atom stereocenters. The molecule has 0 aromatic heterocycles. The lowest BCUT2D eigenvalue weighted by molar-refractivity contribution is -0.393. The van der Waals surface area contributed by atoms with E-state index in [0.29, 0.717) is 10.6 Å². The molecule has 0 aliphatic heterocycles. The molecule has 0 saturated carbocycles. The van der Waals surface area contributed by atoms with E-state index in [-0.39, 0.29) is 27.8 Å². The zero-order valence-electron chi connectivity index (χ0n) is 16.2. The minimum atomic E-state index is -1.54. The van der Waals surface area contributed by atoms with Gasteiger partial charge in [-0.1, -0.05) is 23.7 Å². The van der Waals surface area contributed by atoms with Crippen molar-refractivity contribution in [2.24, 2.45) is 0 Å². The predicted molar refractivity (Wildman–Crippen MR) is 117 cm³/mol. The largest absolute Gasteiger partial charge is 0.478 e. The van der Waals surface area contributed by atoms with Crippen molar-refractivity contribution in [2.45, 2.75) is 0 Å². The number of nitro benzene ring substituents is 3. The maximum absolute atomic E-state index is 12.0. The third-order valence-electron chi connectivity index (χ3n) is 5.09. The molecule has 1 aliphatic rings. The molecule has 0 amide bonds. The first-order chi connectivity index (χ1) is 15.6. The number of carboxylic acids is 1. The number of fused-ring (bicyclic) bond motifs is 3. The first kappa shape index (κ1) is 21.6. The van der Waals surface area contributed by atoms with Crippen LogP contribution in [-0.2, 0) is 0 Å². The first-order valence-corrected chi connectivity index (χ1v) is 9.47. The van der Waals surface area contributed by atoms with Crippen LogP contribution >= 0.6 is 11.6 Å². The molecule has 11 nitrogen and oxygen atoms in total. The molecule has 0 fully saturated rings. The summed E-state index contributed by atoms with van der Waals surface area (Å²) >= 11 is 5.90. The highest BCUT2D eigenvalue weighted by molar-refractivity contribution is 6.30. The molecule has 0 bridgehead atoms. The fourth-order valence-electron chi connectivity index (χ4n) is 3.75. The van der Waals surface area contributed by atoms with Crippen molar-refractivity contribution in [2.75, 3.05) is 0 Å². The highest BCUT2D eigenvalue weighted by atomic mass is 35.5. The van der Waals surface area contributed by atoms with Gasteiger partial charge < -0.3 is 5.11 Å². The van der Waals surface area contributed by atoms with Crippen molar-refractivity contribution in [3.05, 3.63) is 106 Å². The number of hydrogen-bond donors (Lipinski definition) is 1. The summed E-state index contributed by atoms with van der Waals surface area (Å²) in [5.41, 5.74) is -1.86. The standard InChI is InChI=1S/C21H10ClN3O8/c22-11-3-1-10(2-4-11)5-14-15-6-12(23(28)29)8-17(21(26)27)19(15)20-16(14)7-13(24(30)31)9-18(20)25(32)33/h1-9H,(H,26,27). The van der Waals surface area contributed by atoms with E-state index in [1.54, 1.807) is 24.3 Å². The van der Waals surface area contributed by atoms with Gasteiger partial charge in [-0.15, -0.1) is 0 Å². The van der Waals surface area contributed by atoms with Gasteiger partial charge in [-0.25, -0.2) is 4.79 Å². The molecule has 0 saturated heterocycles. The van der Waals surface area contributed by atoms with Crippen molar-refractivity contribution in [1.82, 2.24) is 0 Å². The lowest BCUT2D eigenvalue weighted by Gasteiger charge is -2.07. The molecule has 4 rings (SSSR count). The van der Waals surface area contributed by atoms with Crippen LogP contribution in [-0.4, -0.2) is 25.8 Å². The molecular weight excluding hydrogens is 458 g/mol. The second-order valence-electron chi connectivity index (χ2n) is 6.99. The molecule has 3 aromatic rings. The predicted octanol–water partition coefficient (Wildman–Crippen LogP) is 5.33. The van der Waals surface area contributed by atoms with Crippen LogP contribution in [0.4, 0.5) is 17.1 Å². The first-order valence-electron chi connectivity index (χ1n) is 9.09. The normalized spacial score (nSPS) is 12.8. The summed E-state index contributed by atoms with van der Waals surface area (Å²) in [6, 6.07) is 10.1. The number of rotatable bonds is 5. The number of non-ortho nitro benzene ring substituents is 2. The van der Waals surface area contributed by atoms with Gasteiger partial charge in [0.25, 0.3) is 17.1 Å². The van der Waals surface area contributed by atoms with Gasteiger partial charge in [0.2, 0.25) is 0 Å². The number of aromatic carboxylic acids is 1. The van der Waals surface area contributed by atoms with Crippen molar-refractivity contribution >= 4 is 46.3 Å². The Morgan fingerprint density at radius 1 is 0.818 bits per heavy atom. The molecule has 0 atom stereocenters. The number of hydrogen-bond acceptors (Lipinski definition) is 7. The molecular formula is C21H10ClN3O8. The van der Waals surface area contributed by atoms with Crippen LogP contribution < -0.4 is 0 Å². The van der Waals surface area contributed by atoms with E-state index in [1.165, 1.54) is 6.08 Å². The van der Waals surface area contributed by atoms with Gasteiger partial charge in [-0.3, -0.25) is 30.3 Å². The van der Waals surface area contributed by atoms with E-state index in [9.17, 15) is 40.2 Å². The van der Waals surface area contributed by atoms with Crippen LogP contribution in [0.2, 0.25) is 5.02 Å². The molecule has 164 valence electrons. The average Bonchev–Trinajstić information content (AvgIpc) is 3.07. The highest BCUT2D eigenvalue weighted by Crippen LogP contribution is 2.53. The molecule has 1 aliphatic carbocycles. The average molecular weight is 468 g/mol. The number of carbonyl (C=O) groups is 1. The molecule has 0 radical (unpaired) electrons. The number of carboxylic acid groups (broad SMARTS) is 1. The second-order valence-corrected chi connectivity index (χ2v) is 7.43. The van der Waals surface area contributed by atoms with Crippen molar-refractivity contribution in [3.8, 4) is 11.1 Å². The van der Waals surface area contributed by atoms with Crippen LogP contribution in [0.5, 0.6) is 0 Å². The third kappa shape index (κ3) is 3.66. The maximum Gasteiger partial charge on any atom is 0.336 e. The molecule has 3 aromatic carbocycles. The van der Waals surface area contributed by atoms with Gasteiger partial charge in [0.05, 0.1) is 32.0 Å². The van der Waals surface area contributed by atoms with Gasteiger partial charge in [0, 0.05) is 34.3 Å². The Morgan fingerprint density at radius 2 is 1.36 bits per heavy atom. The summed E-state index contributed by atoms with van der Waals surface area (Å²) in [6.45, 7) is 0. The maximum atomic E-state index is 12.0. The minimum Gasteiger partial charge on any atom is -0.478 e. The summed E-state index contributed by atoms with van der Waals surface area (Å²) in [5, 5.41) is 44.8. The summed E-state index contributed by atoms with van der Waals surface area (Å²) in [7, 11) is 0. The zero-order chi connectivity index (χ0) is 24.0. The SMILES string of the molecule is O=C(O)c1cc([N+](=O)[O-])cc2c1-c1c(cc([N+](=O)[O-])cc1[N+](=O)[O-])C2=Cc1ccc(Cl)cc1. The van der Waals surface area contributed by atoms with Crippen LogP contribution in [0, 0.1) is 30.3 Å². The smallest absolute Gasteiger partial charge is 0.336 e. The monoisotopic (exact) mass is 467 g/mol. The number of benzene rings is 3. The molecule has 1 N–H and O–H groups in total. The van der Waals surface area contributed by atoms with Crippen LogP contribution in [0.3, 0.4) is 0 Å². The van der Waals surface area contributed by atoms with E-state index in [4.69, 9.17) is 11.6 Å². The lowest BCUT2D eigenvalue weighted by Crippen LogP contribution is -2.03. The summed E-state index contributed by atoms with van der Waals surface area (Å²) in [4.78, 5) is 44.2. The van der Waals surface area contributed by atoms with E-state index in [2.05, 4.69) is 0 Å². The highest BCUT2D eigenvalue weighted by Gasteiger charge is 2.38. The quantitative estimate of drug-likeness (QED) is 0.303. The molecule has 0 heterocycles. The Kier molecular flexibility index (Phi) is 5.10. The number of nitrogens with zero attached hydrogens (tertiary/aromatic N) is 3. The van der Waals surface area contributed by atoms with Gasteiger partial charge >= 0.3 is 5.97 Å². The fraction of sp³-hybridized carbons (Fsp3) is 0. The molecule has 33 heavy (non-hydrogen) atoms. The third-order valence-corrected chi connectivity index (χ3v) is 5.34. The van der Waals surface area contributed by atoms with Gasteiger partial charge in [-0.05, 0) is 34.9 Å². The van der Waals surface area contributed by atoms with E-state index in [0.717, 1.165) is 24.3 Å². The van der Waals surface area contributed by atoms with Crippen molar-refractivity contribution < 1.29 is 24.7 Å². The van der Waals surface area contributed by atoms with Crippen molar-refractivity contribution in [1.29, 1.82) is 0 Å². The fourth-order valence-corrected chi connectivity index (χ4v) is 3.87. The van der Waals surface area contributed by atoms with Crippen LogP contribution in [0.25, 0.3) is 22.8 Å². The Balaban J connectivity index is 2.18. The lowest BCUT2D eigenvalue weighted by atomic mass is 9.96. The summed E-state index contributed by atoms with van der Waals surface area (Å²) in [6.07, 6.45) is 1.50. The zero-order valence-corrected chi connectivity index (χ0v) is 17.0. The second kappa shape index (κ2) is 7.80.